The van der Waals surface area contributed by atoms with E-state index >= 15 is 0 Å². The zero-order valence-electron chi connectivity index (χ0n) is 12.4. The summed E-state index contributed by atoms with van der Waals surface area (Å²) >= 11 is 0. The van der Waals surface area contributed by atoms with E-state index in [9.17, 15) is 4.79 Å². The Labute approximate surface area is 139 Å². The molecule has 1 aromatic rings. The summed E-state index contributed by atoms with van der Waals surface area (Å²) in [7, 11) is 0. The predicted octanol–water partition coefficient (Wildman–Crippen LogP) is 3.47. The number of carbonyl (C=O) groups is 1. The Kier molecular flexibility index (Phi) is 8.86. The number of nitrogens with one attached hydrogen (secondary N) is 1. The summed E-state index contributed by atoms with van der Waals surface area (Å²) in [5.41, 5.74) is 7.58. The van der Waals surface area contributed by atoms with Crippen molar-refractivity contribution in [3.63, 3.8) is 0 Å². The van der Waals surface area contributed by atoms with Gasteiger partial charge in [0.25, 0.3) is 0 Å². The minimum absolute atomic E-state index is 0. The van der Waals surface area contributed by atoms with Gasteiger partial charge in [-0.15, -0.1) is 24.8 Å². The molecular weight excluding hydrogens is 309 g/mol. The maximum absolute atomic E-state index is 12.2. The van der Waals surface area contributed by atoms with Crippen LogP contribution in [0.1, 0.15) is 44.2 Å². The molecule has 1 fully saturated rings. The summed E-state index contributed by atoms with van der Waals surface area (Å²) in [6.45, 7) is 2.50. The predicted molar refractivity (Wildman–Crippen MR) is 91.3 cm³/mol. The number of aromatic nitrogens is 1. The molecule has 0 aromatic carbocycles. The number of aryl methyl sites for hydroxylation is 1. The lowest BCUT2D eigenvalue weighted by Crippen LogP contribution is -2.36. The van der Waals surface area contributed by atoms with Gasteiger partial charge in [-0.25, -0.2) is 0 Å². The summed E-state index contributed by atoms with van der Waals surface area (Å²) < 4.78 is 0. The standard InChI is InChI=1S/C15H23N3O.2ClH/c1-12-13(6-5-9-17-12)18-14(19)10-15(11-16)7-3-2-4-8-15;;/h5-6,9H,2-4,7-8,10-11,16H2,1H3,(H,18,19);2*1H. The quantitative estimate of drug-likeness (QED) is 0.886. The Morgan fingerprint density at radius 1 is 1.33 bits per heavy atom. The molecule has 120 valence electrons. The molecule has 0 saturated heterocycles. The molecule has 0 bridgehead atoms. The van der Waals surface area contributed by atoms with Gasteiger partial charge in [-0.1, -0.05) is 19.3 Å². The van der Waals surface area contributed by atoms with Crippen LogP contribution in [0.5, 0.6) is 0 Å². The minimum Gasteiger partial charge on any atom is -0.330 e. The third kappa shape index (κ3) is 5.46. The number of anilines is 1. The molecule has 6 heteroatoms. The van der Waals surface area contributed by atoms with Crippen LogP contribution in [0.25, 0.3) is 0 Å². The number of carbonyl (C=O) groups excluding carboxylic acids is 1. The molecule has 1 aliphatic carbocycles. The van der Waals surface area contributed by atoms with Crippen molar-refractivity contribution in [2.24, 2.45) is 11.1 Å². The SMILES string of the molecule is Cc1ncccc1NC(=O)CC1(CN)CCCCC1.Cl.Cl. The molecule has 0 spiro atoms. The van der Waals surface area contributed by atoms with Crippen LogP contribution in [-0.4, -0.2) is 17.4 Å². The zero-order valence-corrected chi connectivity index (χ0v) is 14.1. The average Bonchev–Trinajstić information content (AvgIpc) is 2.42. The van der Waals surface area contributed by atoms with E-state index in [1.165, 1.54) is 19.3 Å². The fraction of sp³-hybridized carbons (Fsp3) is 0.600. The van der Waals surface area contributed by atoms with Gasteiger partial charge < -0.3 is 11.1 Å². The molecule has 1 aliphatic rings. The highest BCUT2D eigenvalue weighted by Gasteiger charge is 2.32. The fourth-order valence-electron chi connectivity index (χ4n) is 2.91. The second-order valence-electron chi connectivity index (χ2n) is 5.63. The van der Waals surface area contributed by atoms with Crippen LogP contribution in [0.2, 0.25) is 0 Å². The van der Waals surface area contributed by atoms with Gasteiger partial charge in [0, 0.05) is 12.6 Å². The minimum atomic E-state index is 0. The molecule has 21 heavy (non-hydrogen) atoms. The highest BCUT2D eigenvalue weighted by molar-refractivity contribution is 5.91. The Morgan fingerprint density at radius 3 is 2.57 bits per heavy atom. The second kappa shape index (κ2) is 9.23. The van der Waals surface area contributed by atoms with Crippen molar-refractivity contribution in [2.45, 2.75) is 45.4 Å². The van der Waals surface area contributed by atoms with Crippen LogP contribution in [-0.2, 0) is 4.79 Å². The van der Waals surface area contributed by atoms with E-state index in [2.05, 4.69) is 10.3 Å². The number of hydrogen-bond acceptors (Lipinski definition) is 3. The molecule has 0 radical (unpaired) electrons. The van der Waals surface area contributed by atoms with Gasteiger partial charge in [0.2, 0.25) is 5.91 Å². The van der Waals surface area contributed by atoms with Gasteiger partial charge in [0.1, 0.15) is 0 Å². The first-order valence-corrected chi connectivity index (χ1v) is 7.07. The number of rotatable bonds is 4. The van der Waals surface area contributed by atoms with Crippen molar-refractivity contribution in [1.82, 2.24) is 4.98 Å². The van der Waals surface area contributed by atoms with E-state index < -0.39 is 0 Å². The van der Waals surface area contributed by atoms with E-state index in [4.69, 9.17) is 5.73 Å². The Bertz CT molecular complexity index is 448. The molecule has 1 aromatic heterocycles. The maximum Gasteiger partial charge on any atom is 0.225 e. The lowest BCUT2D eigenvalue weighted by atomic mass is 9.71. The largest absolute Gasteiger partial charge is 0.330 e. The molecule has 0 atom stereocenters. The maximum atomic E-state index is 12.2. The van der Waals surface area contributed by atoms with Crippen molar-refractivity contribution in [3.05, 3.63) is 24.0 Å². The van der Waals surface area contributed by atoms with Crippen LogP contribution >= 0.6 is 24.8 Å². The average molecular weight is 334 g/mol. The third-order valence-corrected chi connectivity index (χ3v) is 4.16. The molecule has 1 amide bonds. The summed E-state index contributed by atoms with van der Waals surface area (Å²) in [5, 5.41) is 2.96. The lowest BCUT2D eigenvalue weighted by Gasteiger charge is -2.35. The molecular formula is C15H25Cl2N3O. The summed E-state index contributed by atoms with van der Waals surface area (Å²) in [5.74, 6) is 0.0588. The van der Waals surface area contributed by atoms with Crippen molar-refractivity contribution in [3.8, 4) is 0 Å². The van der Waals surface area contributed by atoms with E-state index in [0.717, 1.165) is 24.2 Å². The first-order chi connectivity index (χ1) is 9.15. The molecule has 1 heterocycles. The van der Waals surface area contributed by atoms with E-state index in [-0.39, 0.29) is 36.1 Å². The first kappa shape index (κ1) is 20.2. The van der Waals surface area contributed by atoms with Crippen LogP contribution < -0.4 is 11.1 Å². The van der Waals surface area contributed by atoms with Crippen LogP contribution in [0.4, 0.5) is 5.69 Å². The first-order valence-electron chi connectivity index (χ1n) is 7.07. The number of halogens is 2. The second-order valence-corrected chi connectivity index (χ2v) is 5.63. The smallest absolute Gasteiger partial charge is 0.225 e. The normalized spacial score (nSPS) is 16.3. The van der Waals surface area contributed by atoms with Crippen molar-refractivity contribution >= 4 is 36.4 Å². The van der Waals surface area contributed by atoms with Gasteiger partial charge in [-0.2, -0.15) is 0 Å². The van der Waals surface area contributed by atoms with Crippen molar-refractivity contribution in [1.29, 1.82) is 0 Å². The Hall–Kier alpha value is -0.840. The number of nitrogens with zero attached hydrogens (tertiary/aromatic N) is 1. The third-order valence-electron chi connectivity index (χ3n) is 4.16. The van der Waals surface area contributed by atoms with Gasteiger partial charge in [0.05, 0.1) is 11.4 Å². The summed E-state index contributed by atoms with van der Waals surface area (Å²) in [4.78, 5) is 16.4. The Morgan fingerprint density at radius 2 is 2.00 bits per heavy atom. The number of hydrogen-bond donors (Lipinski definition) is 2. The van der Waals surface area contributed by atoms with Gasteiger partial charge in [0.15, 0.2) is 0 Å². The van der Waals surface area contributed by atoms with E-state index in [1.807, 2.05) is 19.1 Å². The number of pyridine rings is 1. The lowest BCUT2D eigenvalue weighted by molar-refractivity contribution is -0.118. The Balaban J connectivity index is 0.00000200. The van der Waals surface area contributed by atoms with Crippen LogP contribution in [0.3, 0.4) is 0 Å². The van der Waals surface area contributed by atoms with Gasteiger partial charge >= 0.3 is 0 Å². The van der Waals surface area contributed by atoms with Gasteiger partial charge in [-0.3, -0.25) is 9.78 Å². The molecule has 3 N–H and O–H groups in total. The topological polar surface area (TPSA) is 68.0 Å². The van der Waals surface area contributed by atoms with Crippen molar-refractivity contribution < 1.29 is 4.79 Å². The van der Waals surface area contributed by atoms with Crippen LogP contribution in [0.15, 0.2) is 18.3 Å². The molecule has 2 rings (SSSR count). The molecule has 0 unspecified atom stereocenters. The molecule has 4 nitrogen and oxygen atoms in total. The monoisotopic (exact) mass is 333 g/mol. The molecule has 0 aliphatic heterocycles. The number of nitrogens with two attached hydrogens (primary N) is 1. The zero-order chi connectivity index (χ0) is 13.7. The van der Waals surface area contributed by atoms with Gasteiger partial charge in [-0.05, 0) is 43.9 Å². The highest BCUT2D eigenvalue weighted by Crippen LogP contribution is 2.38. The van der Waals surface area contributed by atoms with E-state index in [1.54, 1.807) is 6.20 Å². The number of amides is 1. The van der Waals surface area contributed by atoms with Crippen molar-refractivity contribution in [2.75, 3.05) is 11.9 Å². The van der Waals surface area contributed by atoms with E-state index in [0.29, 0.717) is 13.0 Å². The highest BCUT2D eigenvalue weighted by atomic mass is 35.5. The summed E-state index contributed by atoms with van der Waals surface area (Å²) in [6, 6.07) is 3.72. The fourth-order valence-corrected chi connectivity index (χ4v) is 2.91. The van der Waals surface area contributed by atoms with Crippen LogP contribution in [0, 0.1) is 12.3 Å². The molecule has 1 saturated carbocycles. The summed E-state index contributed by atoms with van der Waals surface area (Å²) in [6.07, 6.45) is 8.05.